The Hall–Kier alpha value is -3.64. The summed E-state index contributed by atoms with van der Waals surface area (Å²) in [5, 5.41) is 12.4. The van der Waals surface area contributed by atoms with Crippen LogP contribution in [-0.2, 0) is 6.42 Å². The number of Topliss-reactive ketones (excluding diaryl/α,β-unsaturated/α-hetero) is 1. The third kappa shape index (κ3) is 4.02. The second-order valence-corrected chi connectivity index (χ2v) is 7.62. The number of aromatic carboxylic acids is 1. The maximum absolute atomic E-state index is 13.0. The van der Waals surface area contributed by atoms with Crippen LogP contribution in [0, 0.1) is 6.92 Å². The summed E-state index contributed by atoms with van der Waals surface area (Å²) in [6, 6.07) is 13.9. The van der Waals surface area contributed by atoms with Gasteiger partial charge in [0, 0.05) is 23.2 Å². The molecule has 1 amide bonds. The van der Waals surface area contributed by atoms with Crippen LogP contribution in [0.15, 0.2) is 58.5 Å². The smallest absolute Gasteiger partial charge is 0.372 e. The van der Waals surface area contributed by atoms with Crippen molar-refractivity contribution < 1.29 is 23.9 Å². The second kappa shape index (κ2) is 8.24. The Morgan fingerprint density at radius 2 is 1.90 bits per heavy atom. The normalized spacial score (nSPS) is 14.4. The highest BCUT2D eigenvalue weighted by Gasteiger charge is 2.31. The van der Waals surface area contributed by atoms with Gasteiger partial charge in [0.2, 0.25) is 5.76 Å². The molecule has 0 aliphatic heterocycles. The fraction of sp³-hybridized carbons (Fsp3) is 0.125. The molecule has 2 aromatic carbocycles. The van der Waals surface area contributed by atoms with Crippen LogP contribution in [-0.4, -0.2) is 22.8 Å². The molecule has 0 bridgehead atoms. The zero-order valence-electron chi connectivity index (χ0n) is 16.6. The predicted molar refractivity (Wildman–Crippen MR) is 117 cm³/mol. The van der Waals surface area contributed by atoms with Gasteiger partial charge in [-0.05, 0) is 49.2 Å². The molecule has 1 aromatic heterocycles. The van der Waals surface area contributed by atoms with Crippen molar-refractivity contribution in [3.8, 4) is 0 Å². The van der Waals surface area contributed by atoms with E-state index in [0.29, 0.717) is 51.6 Å². The largest absolute Gasteiger partial charge is 0.475 e. The van der Waals surface area contributed by atoms with Gasteiger partial charge in [0.05, 0.1) is 16.1 Å². The Balaban J connectivity index is 1.59. The van der Waals surface area contributed by atoms with E-state index in [4.69, 9.17) is 16.0 Å². The van der Waals surface area contributed by atoms with E-state index in [2.05, 4.69) is 5.32 Å². The number of hydrogen-bond donors (Lipinski definition) is 2. The fourth-order valence-corrected chi connectivity index (χ4v) is 3.88. The highest BCUT2D eigenvalue weighted by atomic mass is 35.5. The number of carboxylic acid groups (broad SMARTS) is 1. The molecule has 156 valence electrons. The Labute approximate surface area is 183 Å². The molecular weight excluding hydrogens is 418 g/mol. The molecule has 3 aromatic rings. The minimum Gasteiger partial charge on any atom is -0.475 e. The number of amides is 1. The van der Waals surface area contributed by atoms with Crippen molar-refractivity contribution in [1.82, 2.24) is 0 Å². The van der Waals surface area contributed by atoms with Gasteiger partial charge < -0.3 is 14.8 Å². The summed E-state index contributed by atoms with van der Waals surface area (Å²) in [6.45, 7) is 1.58. The summed E-state index contributed by atoms with van der Waals surface area (Å²) in [5.41, 5.74) is 2.91. The maximum Gasteiger partial charge on any atom is 0.372 e. The van der Waals surface area contributed by atoms with Crippen LogP contribution in [0.5, 0.6) is 0 Å². The van der Waals surface area contributed by atoms with E-state index in [-0.39, 0.29) is 17.5 Å². The SMILES string of the molecule is Cc1c(C(=O)O)oc2c1C(=O)/C(=C\c1cccc(NC(=O)c3ccccc3Cl)c1)CC2. The molecule has 0 saturated carbocycles. The molecule has 0 radical (unpaired) electrons. The van der Waals surface area contributed by atoms with Gasteiger partial charge in [-0.2, -0.15) is 0 Å². The predicted octanol–water partition coefficient (Wildman–Crippen LogP) is 5.40. The molecule has 4 rings (SSSR count). The molecule has 0 fully saturated rings. The van der Waals surface area contributed by atoms with Crippen LogP contribution in [0.3, 0.4) is 0 Å². The first kappa shape index (κ1) is 20.6. The minimum atomic E-state index is -1.19. The number of carbonyl (C=O) groups is 3. The standard InChI is InChI=1S/C24H18ClNO5/c1-13-20-19(31-22(13)24(29)30)10-9-15(21(20)27)11-14-5-4-6-16(12-14)26-23(28)17-7-2-3-8-18(17)25/h2-8,11-12H,9-10H2,1H3,(H,26,28)(H,29,30)/b15-11-. The number of rotatable bonds is 4. The number of hydrogen-bond acceptors (Lipinski definition) is 4. The number of fused-ring (bicyclic) bond motifs is 1. The van der Waals surface area contributed by atoms with Crippen molar-refractivity contribution >= 4 is 41.0 Å². The second-order valence-electron chi connectivity index (χ2n) is 7.22. The Kier molecular flexibility index (Phi) is 5.48. The van der Waals surface area contributed by atoms with Crippen LogP contribution in [0.2, 0.25) is 5.02 Å². The lowest BCUT2D eigenvalue weighted by atomic mass is 9.88. The van der Waals surface area contributed by atoms with E-state index in [9.17, 15) is 19.5 Å². The average molecular weight is 436 g/mol. The number of allylic oxidation sites excluding steroid dienone is 1. The first-order chi connectivity index (χ1) is 14.8. The number of carboxylic acids is 1. The van der Waals surface area contributed by atoms with E-state index < -0.39 is 5.97 Å². The van der Waals surface area contributed by atoms with Crippen molar-refractivity contribution in [2.75, 3.05) is 5.32 Å². The molecule has 1 aliphatic rings. The number of nitrogens with one attached hydrogen (secondary N) is 1. The van der Waals surface area contributed by atoms with E-state index in [1.54, 1.807) is 55.5 Å². The number of halogens is 1. The lowest BCUT2D eigenvalue weighted by molar-refractivity contribution is 0.0658. The Morgan fingerprint density at radius 3 is 2.65 bits per heavy atom. The van der Waals surface area contributed by atoms with Crippen molar-refractivity contribution in [1.29, 1.82) is 0 Å². The molecular formula is C24H18ClNO5. The number of ketones is 1. The number of carbonyl (C=O) groups excluding carboxylic acids is 2. The molecule has 0 saturated heterocycles. The Morgan fingerprint density at radius 1 is 1.13 bits per heavy atom. The number of anilines is 1. The first-order valence-corrected chi connectivity index (χ1v) is 9.99. The third-order valence-corrected chi connectivity index (χ3v) is 5.49. The van der Waals surface area contributed by atoms with Crippen molar-refractivity contribution in [2.24, 2.45) is 0 Å². The van der Waals surface area contributed by atoms with Gasteiger partial charge in [0.15, 0.2) is 5.78 Å². The summed E-state index contributed by atoms with van der Waals surface area (Å²) >= 11 is 6.08. The molecule has 0 atom stereocenters. The summed E-state index contributed by atoms with van der Waals surface area (Å²) in [6.07, 6.45) is 2.64. The van der Waals surface area contributed by atoms with Crippen LogP contribution < -0.4 is 5.32 Å². The van der Waals surface area contributed by atoms with Crippen LogP contribution in [0.4, 0.5) is 5.69 Å². The van der Waals surface area contributed by atoms with Crippen molar-refractivity contribution in [3.05, 3.63) is 92.9 Å². The van der Waals surface area contributed by atoms with Crippen molar-refractivity contribution in [2.45, 2.75) is 19.8 Å². The summed E-state index contributed by atoms with van der Waals surface area (Å²) in [5.74, 6) is -1.53. The summed E-state index contributed by atoms with van der Waals surface area (Å²) < 4.78 is 5.38. The molecule has 1 aliphatic carbocycles. The van der Waals surface area contributed by atoms with Crippen LogP contribution >= 0.6 is 11.6 Å². The molecule has 2 N–H and O–H groups in total. The zero-order chi connectivity index (χ0) is 22.1. The topological polar surface area (TPSA) is 96.6 Å². The molecule has 6 nitrogen and oxygen atoms in total. The van der Waals surface area contributed by atoms with Gasteiger partial charge in [0.1, 0.15) is 5.76 Å². The maximum atomic E-state index is 13.0. The number of benzene rings is 2. The van der Waals surface area contributed by atoms with Crippen LogP contribution in [0.25, 0.3) is 6.08 Å². The average Bonchev–Trinajstić information content (AvgIpc) is 3.08. The molecule has 0 spiro atoms. The Bertz CT molecular complexity index is 1250. The van der Waals surface area contributed by atoms with Gasteiger partial charge in [-0.15, -0.1) is 0 Å². The van der Waals surface area contributed by atoms with Gasteiger partial charge in [-0.1, -0.05) is 35.9 Å². The zero-order valence-corrected chi connectivity index (χ0v) is 17.3. The van der Waals surface area contributed by atoms with Gasteiger partial charge in [-0.3, -0.25) is 9.59 Å². The van der Waals surface area contributed by atoms with E-state index in [1.165, 1.54) is 0 Å². The van der Waals surface area contributed by atoms with Gasteiger partial charge >= 0.3 is 5.97 Å². The molecule has 1 heterocycles. The molecule has 7 heteroatoms. The lowest BCUT2D eigenvalue weighted by Crippen LogP contribution is -2.14. The highest BCUT2D eigenvalue weighted by molar-refractivity contribution is 6.34. The van der Waals surface area contributed by atoms with E-state index >= 15 is 0 Å². The van der Waals surface area contributed by atoms with Gasteiger partial charge in [-0.25, -0.2) is 4.79 Å². The quantitative estimate of drug-likeness (QED) is 0.534. The number of aryl methyl sites for hydroxylation is 1. The number of furan rings is 1. The minimum absolute atomic E-state index is 0.191. The monoisotopic (exact) mass is 435 g/mol. The molecule has 31 heavy (non-hydrogen) atoms. The highest BCUT2D eigenvalue weighted by Crippen LogP contribution is 2.33. The van der Waals surface area contributed by atoms with Gasteiger partial charge in [0.25, 0.3) is 5.91 Å². The van der Waals surface area contributed by atoms with Crippen molar-refractivity contribution in [3.63, 3.8) is 0 Å². The summed E-state index contributed by atoms with van der Waals surface area (Å²) in [4.78, 5) is 36.8. The van der Waals surface area contributed by atoms with E-state index in [0.717, 1.165) is 5.56 Å². The lowest BCUT2D eigenvalue weighted by Gasteiger charge is -2.14. The van der Waals surface area contributed by atoms with E-state index in [1.807, 2.05) is 6.07 Å². The first-order valence-electron chi connectivity index (χ1n) is 9.62. The summed E-state index contributed by atoms with van der Waals surface area (Å²) in [7, 11) is 0. The molecule has 0 unspecified atom stereocenters. The third-order valence-electron chi connectivity index (χ3n) is 5.16. The fourth-order valence-electron chi connectivity index (χ4n) is 3.66. The van der Waals surface area contributed by atoms with Crippen LogP contribution in [0.1, 0.15) is 54.6 Å².